The Kier molecular flexibility index (Phi) is 7.07. The molecule has 2 saturated heterocycles. The van der Waals surface area contributed by atoms with Crippen LogP contribution >= 0.6 is 11.8 Å². The monoisotopic (exact) mass is 517 g/mol. The fraction of sp³-hybridized carbons (Fsp3) is 0.423. The Labute approximate surface area is 211 Å². The van der Waals surface area contributed by atoms with Gasteiger partial charge in [-0.2, -0.15) is 0 Å². The van der Waals surface area contributed by atoms with Gasteiger partial charge in [-0.25, -0.2) is 13.2 Å². The van der Waals surface area contributed by atoms with Crippen LogP contribution in [0, 0.1) is 17.5 Å². The average Bonchev–Trinajstić information content (AvgIpc) is 3.20. The number of fused-ring (bicyclic) bond motifs is 1. The van der Waals surface area contributed by atoms with Gasteiger partial charge in [-0.3, -0.25) is 24.6 Å². The minimum atomic E-state index is -1.14. The summed E-state index contributed by atoms with van der Waals surface area (Å²) in [7, 11) is 0. The molecule has 6 nitrogen and oxygen atoms in total. The van der Waals surface area contributed by atoms with E-state index in [9.17, 15) is 27.6 Å². The predicted octanol–water partition coefficient (Wildman–Crippen LogP) is 4.14. The van der Waals surface area contributed by atoms with Crippen LogP contribution in [0.15, 0.2) is 29.2 Å². The molecule has 36 heavy (non-hydrogen) atoms. The van der Waals surface area contributed by atoms with Gasteiger partial charge < -0.3 is 4.90 Å². The van der Waals surface area contributed by atoms with Gasteiger partial charge in [0.1, 0.15) is 11.9 Å². The standard InChI is InChI=1S/C26H26F3N3O3S/c27-19-11-15(23(28)24(29)18(19)12-31-9-2-1-3-10-31)14-36-21-6-4-5-16-17(21)13-32(26(16)35)20-7-8-22(33)30-25(20)34/h4-6,11,20H,1-3,7-10,12-14H2,(H,30,33,34). The van der Waals surface area contributed by atoms with Crippen LogP contribution in [0.1, 0.15) is 59.2 Å². The molecular formula is C26H26F3N3O3S. The first-order valence-corrected chi connectivity index (χ1v) is 13.1. The van der Waals surface area contributed by atoms with Crippen molar-refractivity contribution in [3.8, 4) is 0 Å². The SMILES string of the molecule is O=C1CCC(N2Cc3c(SCc4cc(F)c(CN5CCCCC5)c(F)c4F)cccc3C2=O)C(=O)N1. The molecule has 190 valence electrons. The van der Waals surface area contributed by atoms with E-state index in [4.69, 9.17) is 0 Å². The summed E-state index contributed by atoms with van der Waals surface area (Å²) < 4.78 is 44.5. The smallest absolute Gasteiger partial charge is 0.255 e. The van der Waals surface area contributed by atoms with Crippen LogP contribution in [-0.2, 0) is 28.4 Å². The summed E-state index contributed by atoms with van der Waals surface area (Å²) in [6, 6.07) is 5.43. The van der Waals surface area contributed by atoms with Crippen LogP contribution in [0.4, 0.5) is 13.2 Å². The van der Waals surface area contributed by atoms with E-state index < -0.39 is 29.4 Å². The van der Waals surface area contributed by atoms with E-state index in [1.807, 2.05) is 4.90 Å². The molecule has 0 aromatic heterocycles. The summed E-state index contributed by atoms with van der Waals surface area (Å²) >= 11 is 1.19. The lowest BCUT2D eigenvalue weighted by atomic mass is 10.0. The summed E-state index contributed by atoms with van der Waals surface area (Å²) in [6.07, 6.45) is 3.42. The maximum absolute atomic E-state index is 14.9. The van der Waals surface area contributed by atoms with Crippen molar-refractivity contribution in [2.75, 3.05) is 13.1 Å². The number of halogens is 3. The average molecular weight is 518 g/mol. The Balaban J connectivity index is 1.32. The number of hydrogen-bond acceptors (Lipinski definition) is 5. The van der Waals surface area contributed by atoms with Crippen molar-refractivity contribution in [2.24, 2.45) is 0 Å². The van der Waals surface area contributed by atoms with Gasteiger partial charge in [0, 0.05) is 46.8 Å². The number of imide groups is 1. The zero-order valence-electron chi connectivity index (χ0n) is 19.6. The minimum absolute atomic E-state index is 0.0211. The maximum Gasteiger partial charge on any atom is 0.255 e. The minimum Gasteiger partial charge on any atom is -0.322 e. The molecule has 3 aliphatic heterocycles. The summed E-state index contributed by atoms with van der Waals surface area (Å²) in [5.74, 6) is -4.15. The first kappa shape index (κ1) is 24.8. The van der Waals surface area contributed by atoms with E-state index in [0.717, 1.165) is 38.4 Å². The molecule has 1 N–H and O–H groups in total. The highest BCUT2D eigenvalue weighted by Crippen LogP contribution is 2.36. The molecule has 5 rings (SSSR count). The molecule has 0 bridgehead atoms. The number of piperidine rings is 2. The number of nitrogens with one attached hydrogen (secondary N) is 1. The van der Waals surface area contributed by atoms with Crippen molar-refractivity contribution < 1.29 is 27.6 Å². The highest BCUT2D eigenvalue weighted by molar-refractivity contribution is 7.98. The fourth-order valence-corrected chi connectivity index (χ4v) is 6.17. The van der Waals surface area contributed by atoms with Crippen LogP contribution in [0.3, 0.4) is 0 Å². The number of likely N-dealkylation sites (tertiary alicyclic amines) is 1. The lowest BCUT2D eigenvalue weighted by molar-refractivity contribution is -0.136. The topological polar surface area (TPSA) is 69.7 Å². The number of thioether (sulfide) groups is 1. The summed E-state index contributed by atoms with van der Waals surface area (Å²) in [6.45, 7) is 1.70. The van der Waals surface area contributed by atoms with Crippen LogP contribution < -0.4 is 5.32 Å². The number of rotatable bonds is 6. The number of carbonyl (C=O) groups excluding carboxylic acids is 3. The highest BCUT2D eigenvalue weighted by Gasteiger charge is 2.39. The molecule has 0 radical (unpaired) electrons. The predicted molar refractivity (Wildman–Crippen MR) is 127 cm³/mol. The summed E-state index contributed by atoms with van der Waals surface area (Å²) in [5.41, 5.74) is 0.787. The second-order valence-electron chi connectivity index (χ2n) is 9.43. The quantitative estimate of drug-likeness (QED) is 0.354. The van der Waals surface area contributed by atoms with Crippen molar-refractivity contribution in [3.05, 3.63) is 64.0 Å². The first-order valence-electron chi connectivity index (χ1n) is 12.1. The van der Waals surface area contributed by atoms with Gasteiger partial charge >= 0.3 is 0 Å². The number of hydrogen-bond donors (Lipinski definition) is 1. The molecule has 2 aromatic rings. The Hall–Kier alpha value is -2.85. The van der Waals surface area contributed by atoms with Gasteiger partial charge in [-0.05, 0) is 56.1 Å². The van der Waals surface area contributed by atoms with Crippen LogP contribution in [0.2, 0.25) is 0 Å². The molecule has 3 amide bonds. The van der Waals surface area contributed by atoms with Gasteiger partial charge in [0.25, 0.3) is 5.91 Å². The van der Waals surface area contributed by atoms with Crippen molar-refractivity contribution >= 4 is 29.5 Å². The molecule has 2 aromatic carbocycles. The maximum atomic E-state index is 14.9. The number of benzene rings is 2. The van der Waals surface area contributed by atoms with E-state index in [-0.39, 0.29) is 54.6 Å². The lowest BCUT2D eigenvalue weighted by Gasteiger charge is -2.29. The van der Waals surface area contributed by atoms with E-state index in [1.165, 1.54) is 16.7 Å². The van der Waals surface area contributed by atoms with E-state index in [0.29, 0.717) is 16.0 Å². The van der Waals surface area contributed by atoms with Gasteiger partial charge in [0.05, 0.1) is 0 Å². The van der Waals surface area contributed by atoms with E-state index in [1.54, 1.807) is 18.2 Å². The molecular weight excluding hydrogens is 491 g/mol. The second kappa shape index (κ2) is 10.3. The third-order valence-corrected chi connectivity index (χ3v) is 8.23. The van der Waals surface area contributed by atoms with Crippen molar-refractivity contribution in [2.45, 2.75) is 61.9 Å². The number of carbonyl (C=O) groups is 3. The van der Waals surface area contributed by atoms with Crippen LogP contribution in [0.25, 0.3) is 0 Å². The fourth-order valence-electron chi connectivity index (χ4n) is 5.12. The molecule has 2 fully saturated rings. The van der Waals surface area contributed by atoms with Crippen molar-refractivity contribution in [1.82, 2.24) is 15.1 Å². The zero-order valence-corrected chi connectivity index (χ0v) is 20.4. The third-order valence-electron chi connectivity index (χ3n) is 7.08. The molecule has 1 atom stereocenters. The summed E-state index contributed by atoms with van der Waals surface area (Å²) in [5, 5.41) is 2.27. The summed E-state index contributed by atoms with van der Waals surface area (Å²) in [4.78, 5) is 40.8. The largest absolute Gasteiger partial charge is 0.322 e. The highest BCUT2D eigenvalue weighted by atomic mass is 32.2. The molecule has 3 aliphatic rings. The van der Waals surface area contributed by atoms with Gasteiger partial charge in [-0.15, -0.1) is 11.8 Å². The molecule has 0 saturated carbocycles. The molecule has 0 aliphatic carbocycles. The normalized spacial score (nSPS) is 20.6. The third kappa shape index (κ3) is 4.76. The van der Waals surface area contributed by atoms with Crippen molar-refractivity contribution in [1.29, 1.82) is 0 Å². The Morgan fingerprint density at radius 3 is 2.56 bits per heavy atom. The number of nitrogens with zero attached hydrogens (tertiary/aromatic N) is 2. The van der Waals surface area contributed by atoms with Gasteiger partial charge in [0.15, 0.2) is 11.6 Å². The lowest BCUT2D eigenvalue weighted by Crippen LogP contribution is -2.52. The molecule has 0 spiro atoms. The van der Waals surface area contributed by atoms with E-state index >= 15 is 0 Å². The Bertz CT molecular complexity index is 1230. The van der Waals surface area contributed by atoms with Gasteiger partial charge in [-0.1, -0.05) is 12.5 Å². The van der Waals surface area contributed by atoms with Gasteiger partial charge in [0.2, 0.25) is 11.8 Å². The molecule has 10 heteroatoms. The Morgan fingerprint density at radius 1 is 1.03 bits per heavy atom. The zero-order chi connectivity index (χ0) is 25.4. The van der Waals surface area contributed by atoms with Crippen LogP contribution in [0.5, 0.6) is 0 Å². The van der Waals surface area contributed by atoms with Crippen LogP contribution in [-0.4, -0.2) is 46.7 Å². The first-order chi connectivity index (χ1) is 17.3. The van der Waals surface area contributed by atoms with E-state index in [2.05, 4.69) is 5.32 Å². The Morgan fingerprint density at radius 2 is 1.81 bits per heavy atom. The molecule has 1 unspecified atom stereocenters. The molecule has 3 heterocycles. The number of amides is 3. The second-order valence-corrected chi connectivity index (χ2v) is 10.4. The van der Waals surface area contributed by atoms with Crippen molar-refractivity contribution in [3.63, 3.8) is 0 Å².